The number of aliphatic hydroxyl groups excluding tert-OH is 1. The van der Waals surface area contributed by atoms with Crippen molar-refractivity contribution in [1.29, 1.82) is 0 Å². The summed E-state index contributed by atoms with van der Waals surface area (Å²) in [5.41, 5.74) is 3.62. The Balaban J connectivity index is 1.56. The van der Waals surface area contributed by atoms with E-state index < -0.39 is 0 Å². The molecule has 0 aromatic rings. The largest absolute Gasteiger partial charge is 0.508 e. The van der Waals surface area contributed by atoms with Crippen molar-refractivity contribution in [3.63, 3.8) is 0 Å². The first-order valence-electron chi connectivity index (χ1n) is 10.8. The molecule has 1 nitrogen and oxygen atoms in total. The smallest absolute Gasteiger partial charge is 0.111 e. The van der Waals surface area contributed by atoms with E-state index in [-0.39, 0.29) is 0 Å². The lowest BCUT2D eigenvalue weighted by Gasteiger charge is -2.53. The van der Waals surface area contributed by atoms with Crippen LogP contribution in [0.15, 0.2) is 35.6 Å². The van der Waals surface area contributed by atoms with Crippen LogP contribution in [-0.4, -0.2) is 5.11 Å². The molecule has 1 heteroatoms. The molecule has 3 fully saturated rings. The van der Waals surface area contributed by atoms with Crippen molar-refractivity contribution < 1.29 is 5.11 Å². The van der Waals surface area contributed by atoms with Gasteiger partial charge in [0.2, 0.25) is 0 Å². The summed E-state index contributed by atoms with van der Waals surface area (Å²) in [5, 5.41) is 10.0. The molecule has 0 saturated heterocycles. The lowest BCUT2D eigenvalue weighted by Crippen LogP contribution is -2.46. The van der Waals surface area contributed by atoms with Crippen LogP contribution in [0.4, 0.5) is 0 Å². The van der Waals surface area contributed by atoms with Gasteiger partial charge in [-0.05, 0) is 105 Å². The van der Waals surface area contributed by atoms with Crippen LogP contribution in [0.25, 0.3) is 0 Å². The summed E-state index contributed by atoms with van der Waals surface area (Å²) in [6.07, 6.45) is 17.1. The maximum atomic E-state index is 10.0. The average Bonchev–Trinajstić information content (AvgIpc) is 2.82. The Morgan fingerprint density at radius 2 is 2.04 bits per heavy atom. The summed E-state index contributed by atoms with van der Waals surface area (Å²) < 4.78 is 0. The summed E-state index contributed by atoms with van der Waals surface area (Å²) in [7, 11) is 0. The van der Waals surface area contributed by atoms with Crippen LogP contribution in [0.2, 0.25) is 0 Å². The van der Waals surface area contributed by atoms with Gasteiger partial charge in [-0.2, -0.15) is 0 Å². The Bertz CT molecular complexity index is 597. The van der Waals surface area contributed by atoms with E-state index in [1.807, 2.05) is 6.08 Å². The predicted molar refractivity (Wildman–Crippen MR) is 105 cm³/mol. The van der Waals surface area contributed by atoms with E-state index in [0.717, 1.165) is 36.0 Å². The van der Waals surface area contributed by atoms with Crippen LogP contribution in [-0.2, 0) is 0 Å². The van der Waals surface area contributed by atoms with Gasteiger partial charge in [0, 0.05) is 0 Å². The van der Waals surface area contributed by atoms with E-state index >= 15 is 0 Å². The summed E-state index contributed by atoms with van der Waals surface area (Å²) in [4.78, 5) is 0. The minimum Gasteiger partial charge on any atom is -0.508 e. The first kappa shape index (κ1) is 17.4. The normalized spacial score (nSPS) is 43.2. The highest BCUT2D eigenvalue weighted by Gasteiger charge is 2.56. The third-order valence-corrected chi connectivity index (χ3v) is 8.48. The first-order chi connectivity index (χ1) is 12.0. The molecule has 3 saturated carbocycles. The number of hydrogen-bond donors (Lipinski definition) is 1. The molecule has 138 valence electrons. The quantitative estimate of drug-likeness (QED) is 0.550. The Morgan fingerprint density at radius 3 is 2.84 bits per heavy atom. The van der Waals surface area contributed by atoms with E-state index in [9.17, 15) is 5.11 Å². The molecular weight excluding hydrogens is 304 g/mol. The molecule has 4 aliphatic carbocycles. The lowest BCUT2D eigenvalue weighted by atomic mass is 9.51. The Kier molecular flexibility index (Phi) is 4.63. The molecule has 0 aromatic carbocycles. The predicted octanol–water partition coefficient (Wildman–Crippen LogP) is 6.97. The second-order valence-electron chi connectivity index (χ2n) is 9.59. The summed E-state index contributed by atoms with van der Waals surface area (Å²) in [6, 6.07) is 0. The summed E-state index contributed by atoms with van der Waals surface area (Å²) in [5.74, 6) is 4.73. The highest BCUT2D eigenvalue weighted by Crippen LogP contribution is 2.64. The second-order valence-corrected chi connectivity index (χ2v) is 9.59. The van der Waals surface area contributed by atoms with Gasteiger partial charge in [-0.1, -0.05) is 38.0 Å². The van der Waals surface area contributed by atoms with Gasteiger partial charge in [0.15, 0.2) is 0 Å². The Labute approximate surface area is 154 Å². The highest BCUT2D eigenvalue weighted by molar-refractivity contribution is 5.26. The minimum atomic E-state index is 0.514. The molecule has 4 rings (SSSR count). The molecule has 25 heavy (non-hydrogen) atoms. The van der Waals surface area contributed by atoms with Crippen molar-refractivity contribution in [2.45, 2.75) is 78.1 Å². The maximum absolute atomic E-state index is 10.0. The Hall–Kier alpha value is -0.980. The number of aliphatic hydroxyl groups is 1. The van der Waals surface area contributed by atoms with Gasteiger partial charge in [0.25, 0.3) is 0 Å². The van der Waals surface area contributed by atoms with Crippen molar-refractivity contribution in [3.8, 4) is 0 Å². The van der Waals surface area contributed by atoms with Gasteiger partial charge in [0.05, 0.1) is 0 Å². The second kappa shape index (κ2) is 6.63. The number of fused-ring (bicyclic) bond motifs is 5. The molecule has 1 N–H and O–H groups in total. The molecule has 4 unspecified atom stereocenters. The zero-order valence-corrected chi connectivity index (χ0v) is 16.3. The van der Waals surface area contributed by atoms with Gasteiger partial charge in [-0.25, -0.2) is 0 Å². The van der Waals surface area contributed by atoms with E-state index in [0.29, 0.717) is 11.2 Å². The topological polar surface area (TPSA) is 20.2 Å². The molecule has 6 atom stereocenters. The number of allylic oxidation sites excluding steroid dienone is 4. The third kappa shape index (κ3) is 2.82. The molecule has 0 heterocycles. The van der Waals surface area contributed by atoms with Gasteiger partial charge >= 0.3 is 0 Å². The van der Waals surface area contributed by atoms with Gasteiger partial charge in [-0.15, -0.1) is 0 Å². The van der Waals surface area contributed by atoms with E-state index in [1.165, 1.54) is 57.8 Å². The monoisotopic (exact) mass is 340 g/mol. The van der Waals surface area contributed by atoms with Crippen molar-refractivity contribution in [1.82, 2.24) is 0 Å². The van der Waals surface area contributed by atoms with Crippen LogP contribution < -0.4 is 0 Å². The van der Waals surface area contributed by atoms with Crippen LogP contribution in [0.3, 0.4) is 0 Å². The molecule has 0 spiro atoms. The molecule has 0 aromatic heterocycles. The average molecular weight is 341 g/mol. The fraction of sp³-hybridized carbons (Fsp3) is 0.750. The van der Waals surface area contributed by atoms with Gasteiger partial charge in [0.1, 0.15) is 5.76 Å². The van der Waals surface area contributed by atoms with Gasteiger partial charge in [-0.3, -0.25) is 0 Å². The van der Waals surface area contributed by atoms with Crippen molar-refractivity contribution in [2.75, 3.05) is 0 Å². The molecule has 0 bridgehead atoms. The molecule has 0 radical (unpaired) electrons. The van der Waals surface area contributed by atoms with Crippen LogP contribution in [0, 0.1) is 35.0 Å². The van der Waals surface area contributed by atoms with Crippen LogP contribution in [0.5, 0.6) is 0 Å². The maximum Gasteiger partial charge on any atom is 0.111 e. The SMILES string of the molecule is C=C(CCC)[C@H]1CCC2C3CCC4=CC(O)=CCCC4C3CC[C@@]21C. The standard InChI is InChI=1S/C24H36O/c1-4-6-16(2)22-11-12-23-21-10-9-17-15-18(25)7-5-8-19(17)20(21)13-14-24(22,23)3/h7,15,19-23,25H,2,4-6,8-14H2,1,3H3/t19?,20?,21?,22-,23?,24-/m1/s1. The van der Waals surface area contributed by atoms with E-state index in [2.05, 4.69) is 26.5 Å². The fourth-order valence-electron chi connectivity index (χ4n) is 7.43. The number of hydrogen-bond acceptors (Lipinski definition) is 1. The van der Waals surface area contributed by atoms with Crippen LogP contribution in [0.1, 0.15) is 78.1 Å². The lowest BCUT2D eigenvalue weighted by molar-refractivity contribution is -0.0139. The van der Waals surface area contributed by atoms with E-state index in [4.69, 9.17) is 0 Å². The number of rotatable bonds is 3. The van der Waals surface area contributed by atoms with Gasteiger partial charge < -0.3 is 5.11 Å². The minimum absolute atomic E-state index is 0.514. The van der Waals surface area contributed by atoms with Crippen molar-refractivity contribution >= 4 is 0 Å². The summed E-state index contributed by atoms with van der Waals surface area (Å²) in [6.45, 7) is 9.41. The fourth-order valence-corrected chi connectivity index (χ4v) is 7.43. The summed E-state index contributed by atoms with van der Waals surface area (Å²) >= 11 is 0. The van der Waals surface area contributed by atoms with Crippen LogP contribution >= 0.6 is 0 Å². The van der Waals surface area contributed by atoms with E-state index in [1.54, 1.807) is 11.1 Å². The van der Waals surface area contributed by atoms with Crippen molar-refractivity contribution in [2.24, 2.45) is 35.0 Å². The first-order valence-corrected chi connectivity index (χ1v) is 10.8. The zero-order valence-electron chi connectivity index (χ0n) is 16.3. The zero-order chi connectivity index (χ0) is 17.6. The van der Waals surface area contributed by atoms with Crippen molar-refractivity contribution in [3.05, 3.63) is 35.6 Å². The highest BCUT2D eigenvalue weighted by atomic mass is 16.3. The molecule has 0 amide bonds. The molecule has 4 aliphatic rings. The third-order valence-electron chi connectivity index (χ3n) is 8.48. The molecular formula is C24H36O. The Morgan fingerprint density at radius 1 is 1.20 bits per heavy atom. The molecule has 0 aliphatic heterocycles.